The zero-order valence-electron chi connectivity index (χ0n) is 10.1. The summed E-state index contributed by atoms with van der Waals surface area (Å²) in [5.74, 6) is -0.0874. The zero-order valence-corrected chi connectivity index (χ0v) is 10.8. The molecule has 0 aliphatic rings. The van der Waals surface area contributed by atoms with Crippen molar-refractivity contribution in [1.82, 2.24) is 15.1 Å². The minimum absolute atomic E-state index is 0.0874. The van der Waals surface area contributed by atoms with Gasteiger partial charge in [0.1, 0.15) is 0 Å². The van der Waals surface area contributed by atoms with Crippen LogP contribution in [-0.4, -0.2) is 22.2 Å². The van der Waals surface area contributed by atoms with E-state index in [-0.39, 0.29) is 5.91 Å². The van der Waals surface area contributed by atoms with Gasteiger partial charge in [0.25, 0.3) is 5.91 Å². The summed E-state index contributed by atoms with van der Waals surface area (Å²) >= 11 is 5.76. The van der Waals surface area contributed by atoms with Crippen molar-refractivity contribution in [3.8, 4) is 0 Å². The minimum Gasteiger partial charge on any atom is -0.352 e. The van der Waals surface area contributed by atoms with Crippen molar-refractivity contribution in [2.24, 2.45) is 7.05 Å². The Morgan fingerprint density at radius 3 is 2.72 bits per heavy atom. The van der Waals surface area contributed by atoms with Crippen molar-refractivity contribution in [2.75, 3.05) is 6.54 Å². The molecule has 1 heterocycles. The average molecular weight is 264 g/mol. The van der Waals surface area contributed by atoms with Crippen molar-refractivity contribution < 1.29 is 4.79 Å². The van der Waals surface area contributed by atoms with Crippen molar-refractivity contribution in [3.63, 3.8) is 0 Å². The summed E-state index contributed by atoms with van der Waals surface area (Å²) in [5, 5.41) is 7.56. The Kier molecular flexibility index (Phi) is 3.99. The highest BCUT2D eigenvalue weighted by molar-refractivity contribution is 6.30. The number of carbonyl (C=O) groups excluding carboxylic acids is 1. The molecule has 0 aliphatic heterocycles. The van der Waals surface area contributed by atoms with E-state index in [2.05, 4.69) is 10.4 Å². The van der Waals surface area contributed by atoms with Gasteiger partial charge < -0.3 is 5.32 Å². The van der Waals surface area contributed by atoms with Crippen LogP contribution in [0.25, 0.3) is 0 Å². The fourth-order valence-electron chi connectivity index (χ4n) is 1.62. The van der Waals surface area contributed by atoms with Gasteiger partial charge in [0.05, 0.1) is 6.20 Å². The van der Waals surface area contributed by atoms with E-state index in [0.717, 1.165) is 12.0 Å². The molecule has 5 heteroatoms. The Morgan fingerprint density at radius 1 is 1.39 bits per heavy atom. The fraction of sp³-hybridized carbons (Fsp3) is 0.231. The second-order valence-corrected chi connectivity index (χ2v) is 4.47. The fourth-order valence-corrected chi connectivity index (χ4v) is 1.75. The van der Waals surface area contributed by atoms with E-state index in [1.165, 1.54) is 0 Å². The maximum atomic E-state index is 11.8. The van der Waals surface area contributed by atoms with Gasteiger partial charge in [-0.05, 0) is 36.2 Å². The highest BCUT2D eigenvalue weighted by atomic mass is 35.5. The number of hydrogen-bond acceptors (Lipinski definition) is 2. The molecule has 4 nitrogen and oxygen atoms in total. The summed E-state index contributed by atoms with van der Waals surface area (Å²) in [7, 11) is 1.87. The number of halogens is 1. The molecule has 2 aromatic rings. The first-order chi connectivity index (χ1) is 8.65. The van der Waals surface area contributed by atoms with Crippen LogP contribution in [0.2, 0.25) is 5.02 Å². The maximum absolute atomic E-state index is 11.8. The van der Waals surface area contributed by atoms with Crippen LogP contribution in [0.1, 0.15) is 15.9 Å². The van der Waals surface area contributed by atoms with Gasteiger partial charge in [-0.3, -0.25) is 9.48 Å². The second kappa shape index (κ2) is 5.69. The standard InChI is InChI=1S/C13H14ClN3O/c1-17-9-10(8-16-17)6-7-15-13(18)11-2-4-12(14)5-3-11/h2-5,8-9H,6-7H2,1H3,(H,15,18). The van der Waals surface area contributed by atoms with E-state index in [0.29, 0.717) is 17.1 Å². The molecule has 18 heavy (non-hydrogen) atoms. The van der Waals surface area contributed by atoms with Gasteiger partial charge in [-0.15, -0.1) is 0 Å². The summed E-state index contributed by atoms with van der Waals surface area (Å²) < 4.78 is 1.75. The highest BCUT2D eigenvalue weighted by Crippen LogP contribution is 2.09. The summed E-state index contributed by atoms with van der Waals surface area (Å²) in [6, 6.07) is 6.83. The van der Waals surface area contributed by atoms with Crippen LogP contribution in [0.3, 0.4) is 0 Å². The Morgan fingerprint density at radius 2 is 2.11 bits per heavy atom. The molecule has 1 aromatic carbocycles. The molecule has 0 unspecified atom stereocenters. The first-order valence-electron chi connectivity index (χ1n) is 5.66. The Bertz CT molecular complexity index is 533. The van der Waals surface area contributed by atoms with Crippen molar-refractivity contribution in [1.29, 1.82) is 0 Å². The molecule has 0 saturated heterocycles. The summed E-state index contributed by atoms with van der Waals surface area (Å²) in [6.07, 6.45) is 4.51. The predicted octanol–water partition coefficient (Wildman–Crippen LogP) is 2.05. The number of carbonyl (C=O) groups is 1. The van der Waals surface area contributed by atoms with Crippen LogP contribution in [0.15, 0.2) is 36.7 Å². The molecule has 0 saturated carbocycles. The lowest BCUT2D eigenvalue weighted by Crippen LogP contribution is -2.25. The van der Waals surface area contributed by atoms with Gasteiger partial charge in [-0.1, -0.05) is 11.6 Å². The van der Waals surface area contributed by atoms with E-state index in [4.69, 9.17) is 11.6 Å². The molecule has 0 fully saturated rings. The quantitative estimate of drug-likeness (QED) is 0.918. The van der Waals surface area contributed by atoms with Gasteiger partial charge in [-0.25, -0.2) is 0 Å². The van der Waals surface area contributed by atoms with E-state index in [9.17, 15) is 4.79 Å². The van der Waals surface area contributed by atoms with Crippen LogP contribution in [0.4, 0.5) is 0 Å². The summed E-state index contributed by atoms with van der Waals surface area (Å²) in [6.45, 7) is 0.590. The van der Waals surface area contributed by atoms with E-state index in [1.54, 1.807) is 35.1 Å². The maximum Gasteiger partial charge on any atom is 0.251 e. The molecule has 1 amide bonds. The van der Waals surface area contributed by atoms with Crippen molar-refractivity contribution >= 4 is 17.5 Å². The summed E-state index contributed by atoms with van der Waals surface area (Å²) in [5.41, 5.74) is 1.72. The number of amides is 1. The molecule has 1 aromatic heterocycles. The highest BCUT2D eigenvalue weighted by Gasteiger charge is 2.04. The molecule has 94 valence electrons. The third-order valence-electron chi connectivity index (χ3n) is 2.56. The average Bonchev–Trinajstić information content (AvgIpc) is 2.76. The molecule has 2 rings (SSSR count). The predicted molar refractivity (Wildman–Crippen MR) is 70.7 cm³/mol. The SMILES string of the molecule is Cn1cc(CCNC(=O)c2ccc(Cl)cc2)cn1. The molecule has 0 aliphatic carbocycles. The Hall–Kier alpha value is -1.81. The minimum atomic E-state index is -0.0874. The lowest BCUT2D eigenvalue weighted by atomic mass is 10.2. The molecule has 0 spiro atoms. The van der Waals surface area contributed by atoms with Crippen molar-refractivity contribution in [2.45, 2.75) is 6.42 Å². The second-order valence-electron chi connectivity index (χ2n) is 4.04. The van der Waals surface area contributed by atoms with Gasteiger partial charge >= 0.3 is 0 Å². The van der Waals surface area contributed by atoms with Crippen LogP contribution < -0.4 is 5.32 Å². The van der Waals surface area contributed by atoms with Crippen LogP contribution in [-0.2, 0) is 13.5 Å². The third-order valence-corrected chi connectivity index (χ3v) is 2.82. The number of aryl methyl sites for hydroxylation is 1. The first kappa shape index (κ1) is 12.6. The third kappa shape index (κ3) is 3.34. The van der Waals surface area contributed by atoms with Gasteiger partial charge in [-0.2, -0.15) is 5.10 Å². The normalized spacial score (nSPS) is 10.3. The van der Waals surface area contributed by atoms with Gasteiger partial charge in [0.15, 0.2) is 0 Å². The van der Waals surface area contributed by atoms with Crippen molar-refractivity contribution in [3.05, 3.63) is 52.8 Å². The van der Waals surface area contributed by atoms with Crippen LogP contribution in [0.5, 0.6) is 0 Å². The van der Waals surface area contributed by atoms with Gasteiger partial charge in [0, 0.05) is 30.4 Å². The number of hydrogen-bond donors (Lipinski definition) is 1. The van der Waals surface area contributed by atoms with Crippen LogP contribution >= 0.6 is 11.6 Å². The molecular weight excluding hydrogens is 250 g/mol. The molecule has 0 bridgehead atoms. The van der Waals surface area contributed by atoms with Gasteiger partial charge in [0.2, 0.25) is 0 Å². The summed E-state index contributed by atoms with van der Waals surface area (Å²) in [4.78, 5) is 11.8. The number of aromatic nitrogens is 2. The molecule has 1 N–H and O–H groups in total. The monoisotopic (exact) mass is 263 g/mol. The number of nitrogens with one attached hydrogen (secondary N) is 1. The Labute approximate surface area is 111 Å². The smallest absolute Gasteiger partial charge is 0.251 e. The number of rotatable bonds is 4. The van der Waals surface area contributed by atoms with Crippen LogP contribution in [0, 0.1) is 0 Å². The Balaban J connectivity index is 1.83. The molecule has 0 atom stereocenters. The lowest BCUT2D eigenvalue weighted by Gasteiger charge is -2.04. The largest absolute Gasteiger partial charge is 0.352 e. The van der Waals surface area contributed by atoms with E-state index >= 15 is 0 Å². The number of nitrogens with zero attached hydrogens (tertiary/aromatic N) is 2. The number of benzene rings is 1. The lowest BCUT2D eigenvalue weighted by molar-refractivity contribution is 0.0954. The molecule has 0 radical (unpaired) electrons. The topological polar surface area (TPSA) is 46.9 Å². The van der Waals surface area contributed by atoms with E-state index < -0.39 is 0 Å². The van der Waals surface area contributed by atoms with E-state index in [1.807, 2.05) is 13.2 Å². The zero-order chi connectivity index (χ0) is 13.0. The first-order valence-corrected chi connectivity index (χ1v) is 6.04. The molecular formula is C13H14ClN3O.